The molecule has 0 saturated heterocycles. The largest absolute Gasteiger partial charge is 0.472 e. The maximum atomic E-state index is 12.9. The lowest BCUT2D eigenvalue weighted by molar-refractivity contribution is -0.220. The smallest absolute Gasteiger partial charge is 0.389 e. The molecule has 0 bridgehead atoms. The molecule has 0 aromatic carbocycles. The molecular weight excluding hydrogens is 717 g/mol. The zero-order valence-electron chi connectivity index (χ0n) is 32.6. The second-order valence-corrected chi connectivity index (χ2v) is 15.7. The van der Waals surface area contributed by atoms with Crippen molar-refractivity contribution in [2.45, 2.75) is 191 Å². The third-order valence-corrected chi connectivity index (χ3v) is 10.4. The normalized spacial score (nSPS) is 25.1. The summed E-state index contributed by atoms with van der Waals surface area (Å²) in [6.07, 6.45) is 19.7. The predicted molar refractivity (Wildman–Crippen MR) is 210 cm³/mol. The number of phosphoric ester groups is 1. The van der Waals surface area contributed by atoms with E-state index in [1.807, 2.05) is 6.08 Å². The molecule has 1 saturated carbocycles. The summed E-state index contributed by atoms with van der Waals surface area (Å²) in [5, 5.41) is 73.9. The van der Waals surface area contributed by atoms with Crippen molar-refractivity contribution in [3.8, 4) is 0 Å². The first-order chi connectivity index (χ1) is 25.8. The number of hydrogen-bond donors (Lipinski definition) is 9. The van der Waals surface area contributed by atoms with Gasteiger partial charge in [-0.05, 0) is 44.9 Å². The van der Waals surface area contributed by atoms with Gasteiger partial charge in [0.25, 0.3) is 0 Å². The maximum Gasteiger partial charge on any atom is 0.472 e. The number of carbonyl (C=O) groups is 1. The molecule has 1 aliphatic rings. The quantitative estimate of drug-likeness (QED) is 0.0251. The number of carbonyl (C=O) groups excluding carboxylic acids is 1. The third-order valence-electron chi connectivity index (χ3n) is 9.39. The average molecular weight is 790 g/mol. The molecule has 0 aromatic rings. The van der Waals surface area contributed by atoms with E-state index >= 15 is 0 Å². The van der Waals surface area contributed by atoms with Crippen molar-refractivity contribution in [3.05, 3.63) is 48.6 Å². The Kier molecular flexibility index (Phi) is 28.3. The molecule has 13 nitrogen and oxygen atoms in total. The van der Waals surface area contributed by atoms with Gasteiger partial charge >= 0.3 is 7.82 Å². The lowest BCUT2D eigenvalue weighted by Crippen LogP contribution is -2.64. The van der Waals surface area contributed by atoms with Crippen LogP contribution in [-0.2, 0) is 18.4 Å². The van der Waals surface area contributed by atoms with Gasteiger partial charge in [-0.25, -0.2) is 4.57 Å². The third kappa shape index (κ3) is 22.7. The Bertz CT molecular complexity index is 1120. The van der Waals surface area contributed by atoms with Gasteiger partial charge in [-0.1, -0.05) is 133 Å². The average Bonchev–Trinajstić information content (AvgIpc) is 3.14. The van der Waals surface area contributed by atoms with E-state index in [1.165, 1.54) is 82.8 Å². The molecule has 0 heterocycles. The molecule has 1 fully saturated rings. The van der Waals surface area contributed by atoms with E-state index in [9.17, 15) is 50.0 Å². The highest BCUT2D eigenvalue weighted by atomic mass is 31.2. The van der Waals surface area contributed by atoms with Crippen molar-refractivity contribution in [1.82, 2.24) is 5.32 Å². The molecule has 14 heteroatoms. The van der Waals surface area contributed by atoms with Gasteiger partial charge < -0.3 is 46.0 Å². The molecule has 0 aliphatic heterocycles. The molecule has 1 rings (SSSR count). The number of phosphoric acid groups is 1. The van der Waals surface area contributed by atoms with Crippen molar-refractivity contribution in [1.29, 1.82) is 0 Å². The first kappa shape index (κ1) is 50.3. The summed E-state index contributed by atoms with van der Waals surface area (Å²) >= 11 is 0. The molecule has 0 aromatic heterocycles. The van der Waals surface area contributed by atoms with Crippen LogP contribution in [0.5, 0.6) is 0 Å². The monoisotopic (exact) mass is 789 g/mol. The van der Waals surface area contributed by atoms with E-state index in [2.05, 4.69) is 37.4 Å². The fourth-order valence-electron chi connectivity index (χ4n) is 6.02. The minimum Gasteiger partial charge on any atom is -0.389 e. The van der Waals surface area contributed by atoms with Gasteiger partial charge in [0, 0.05) is 0 Å². The highest BCUT2D eigenvalue weighted by Gasteiger charge is 2.51. The lowest BCUT2D eigenvalue weighted by Gasteiger charge is -2.41. The number of amides is 1. The first-order valence-electron chi connectivity index (χ1n) is 20.2. The molecule has 9 N–H and O–H groups in total. The summed E-state index contributed by atoms with van der Waals surface area (Å²) in [4.78, 5) is 23.2. The van der Waals surface area contributed by atoms with E-state index in [-0.39, 0.29) is 6.42 Å². The van der Waals surface area contributed by atoms with Crippen LogP contribution < -0.4 is 5.32 Å². The summed E-state index contributed by atoms with van der Waals surface area (Å²) in [5.74, 6) is -0.674. The van der Waals surface area contributed by atoms with Gasteiger partial charge in [0.05, 0.1) is 31.3 Å². The van der Waals surface area contributed by atoms with Gasteiger partial charge in [-0.2, -0.15) is 0 Å². The molecule has 8 atom stereocenters. The standard InChI is InChI=1S/C40H72NO12P/c1-3-5-7-9-11-13-15-16-18-20-22-24-26-28-33(43)32(30-52-54(50,51)53-40-38(48)36(46)35(45)37(47)39(40)49)41-34(44)29-31(42)27-25-23-21-19-17-14-12-10-8-6-4-2/h18-21,25-28,31-33,35-40,42-43,45-49H,3-17,22-24,29-30H2,1-2H3,(H,41,44)(H,50,51)/b20-18+,21-19-,27-25-,28-26+. The fourth-order valence-corrected chi connectivity index (χ4v) is 6.98. The number of aliphatic hydroxyl groups excluding tert-OH is 7. The second-order valence-electron chi connectivity index (χ2n) is 14.3. The number of rotatable bonds is 31. The molecule has 0 radical (unpaired) electrons. The second kappa shape index (κ2) is 30.4. The predicted octanol–water partition coefficient (Wildman–Crippen LogP) is 5.19. The Balaban J connectivity index is 2.73. The number of hydrogen-bond acceptors (Lipinski definition) is 11. The Morgan fingerprint density at radius 1 is 0.648 bits per heavy atom. The highest BCUT2D eigenvalue weighted by molar-refractivity contribution is 7.47. The molecule has 314 valence electrons. The van der Waals surface area contributed by atoms with Gasteiger partial charge in [-0.3, -0.25) is 13.8 Å². The molecule has 1 aliphatic carbocycles. The van der Waals surface area contributed by atoms with E-state index in [0.717, 1.165) is 32.1 Å². The van der Waals surface area contributed by atoms with Crippen molar-refractivity contribution >= 4 is 13.7 Å². The van der Waals surface area contributed by atoms with Crippen LogP contribution in [0.2, 0.25) is 0 Å². The zero-order chi connectivity index (χ0) is 40.2. The van der Waals surface area contributed by atoms with Crippen LogP contribution in [-0.4, -0.2) is 108 Å². The summed E-state index contributed by atoms with van der Waals surface area (Å²) < 4.78 is 22.7. The molecule has 0 spiro atoms. The Labute approximate surface area is 323 Å². The number of nitrogens with one attached hydrogen (secondary N) is 1. The number of aliphatic hydroxyl groups is 7. The maximum absolute atomic E-state index is 12.9. The molecule has 8 unspecified atom stereocenters. The Hall–Kier alpha value is -1.74. The fraction of sp³-hybridized carbons (Fsp3) is 0.775. The Morgan fingerprint density at radius 2 is 1.13 bits per heavy atom. The number of unbranched alkanes of at least 4 members (excludes halogenated alkanes) is 14. The van der Waals surface area contributed by atoms with Gasteiger partial charge in [0.15, 0.2) is 0 Å². The number of allylic oxidation sites excluding steroid dienone is 6. The highest BCUT2D eigenvalue weighted by Crippen LogP contribution is 2.47. The van der Waals surface area contributed by atoms with Crippen molar-refractivity contribution in [2.24, 2.45) is 0 Å². The van der Waals surface area contributed by atoms with Crippen LogP contribution >= 0.6 is 7.82 Å². The first-order valence-corrected chi connectivity index (χ1v) is 21.7. The molecular formula is C40H72NO12P. The minimum atomic E-state index is -5.16. The van der Waals surface area contributed by atoms with Crippen LogP contribution in [0, 0.1) is 0 Å². The zero-order valence-corrected chi connectivity index (χ0v) is 33.5. The minimum absolute atomic E-state index is 0.361. The van der Waals surface area contributed by atoms with Crippen LogP contribution in [0.4, 0.5) is 0 Å². The summed E-state index contributed by atoms with van der Waals surface area (Å²) in [5.41, 5.74) is 0. The summed E-state index contributed by atoms with van der Waals surface area (Å²) in [7, 11) is -5.16. The Morgan fingerprint density at radius 3 is 1.70 bits per heavy atom. The molecule has 54 heavy (non-hydrogen) atoms. The topological polar surface area (TPSA) is 226 Å². The van der Waals surface area contributed by atoms with E-state index in [1.54, 1.807) is 12.2 Å². The summed E-state index contributed by atoms with van der Waals surface area (Å²) in [6.45, 7) is 3.63. The van der Waals surface area contributed by atoms with Crippen molar-refractivity contribution in [3.63, 3.8) is 0 Å². The van der Waals surface area contributed by atoms with Crippen LogP contribution in [0.15, 0.2) is 48.6 Å². The van der Waals surface area contributed by atoms with Crippen LogP contribution in [0.25, 0.3) is 0 Å². The van der Waals surface area contributed by atoms with E-state index in [0.29, 0.717) is 12.8 Å². The van der Waals surface area contributed by atoms with Crippen molar-refractivity contribution < 1.29 is 59.0 Å². The van der Waals surface area contributed by atoms with Crippen LogP contribution in [0.3, 0.4) is 0 Å². The van der Waals surface area contributed by atoms with E-state index < -0.39 is 75.2 Å². The molecule has 1 amide bonds. The van der Waals surface area contributed by atoms with Gasteiger partial charge in [0.1, 0.15) is 36.6 Å². The van der Waals surface area contributed by atoms with Crippen molar-refractivity contribution in [2.75, 3.05) is 6.61 Å². The van der Waals surface area contributed by atoms with Gasteiger partial charge in [-0.15, -0.1) is 0 Å². The summed E-state index contributed by atoms with van der Waals surface area (Å²) in [6, 6.07) is -1.29. The van der Waals surface area contributed by atoms with Gasteiger partial charge in [0.2, 0.25) is 5.91 Å². The van der Waals surface area contributed by atoms with E-state index in [4.69, 9.17) is 9.05 Å². The SMILES string of the molecule is CCCCCCCC/C=C\C/C=C\C(O)CC(=O)NC(COP(=O)(O)OC1C(O)C(O)C(O)C(O)C1O)C(O)/C=C/CC/C=C/CCCCCCCCC. The van der Waals surface area contributed by atoms with Crippen LogP contribution in [0.1, 0.15) is 136 Å². The lowest BCUT2D eigenvalue weighted by atomic mass is 9.85.